The zero-order valence-electron chi connectivity index (χ0n) is 14.7. The Balaban J connectivity index is 1.86. The Morgan fingerprint density at radius 1 is 0.917 bits per heavy atom. The number of unbranched alkanes of at least 4 members (excludes halogenated alkanes) is 7. The first-order valence-corrected chi connectivity index (χ1v) is 8.79. The van der Waals surface area contributed by atoms with Crippen molar-refractivity contribution in [1.29, 1.82) is 0 Å². The normalized spacial score (nSPS) is 11.5. The van der Waals surface area contributed by atoms with Gasteiger partial charge in [0.25, 0.3) is 5.56 Å². The summed E-state index contributed by atoms with van der Waals surface area (Å²) >= 11 is 0. The minimum atomic E-state index is -0.348. The third-order valence-electron chi connectivity index (χ3n) is 4.52. The molecule has 0 aromatic carbocycles. The van der Waals surface area contributed by atoms with Gasteiger partial charge in [0.05, 0.1) is 6.33 Å². The summed E-state index contributed by atoms with van der Waals surface area (Å²) < 4.78 is 4.41. The van der Waals surface area contributed by atoms with Gasteiger partial charge < -0.3 is 9.67 Å². The summed E-state index contributed by atoms with van der Waals surface area (Å²) in [6.45, 7) is 1.04. The molecule has 2 aromatic heterocycles. The van der Waals surface area contributed by atoms with Crippen LogP contribution in [0.3, 0.4) is 0 Å². The fraction of sp³-hybridized carbons (Fsp3) is 0.706. The van der Waals surface area contributed by atoms with Gasteiger partial charge in [0, 0.05) is 27.2 Å². The van der Waals surface area contributed by atoms with E-state index in [1.54, 1.807) is 13.4 Å². The number of aromatic nitrogens is 4. The number of rotatable bonds is 10. The van der Waals surface area contributed by atoms with Crippen molar-refractivity contribution in [3.8, 4) is 0 Å². The second-order valence-electron chi connectivity index (χ2n) is 6.37. The Morgan fingerprint density at radius 2 is 1.50 bits per heavy atom. The third kappa shape index (κ3) is 4.14. The molecule has 0 saturated heterocycles. The highest BCUT2D eigenvalue weighted by Gasteiger charge is 2.13. The molecule has 7 nitrogen and oxygen atoms in total. The van der Waals surface area contributed by atoms with E-state index in [4.69, 9.17) is 5.11 Å². The van der Waals surface area contributed by atoms with Crippen LogP contribution in [0.25, 0.3) is 11.2 Å². The molecule has 2 rings (SSSR count). The van der Waals surface area contributed by atoms with E-state index in [0.29, 0.717) is 17.8 Å². The maximum Gasteiger partial charge on any atom is 0.332 e. The lowest BCUT2D eigenvalue weighted by atomic mass is 10.1. The van der Waals surface area contributed by atoms with Gasteiger partial charge in [0.2, 0.25) is 0 Å². The number of aryl methyl sites for hydroxylation is 2. The molecule has 0 aliphatic rings. The summed E-state index contributed by atoms with van der Waals surface area (Å²) in [5.41, 5.74) is 0.323. The summed E-state index contributed by atoms with van der Waals surface area (Å²) in [4.78, 5) is 28.4. The summed E-state index contributed by atoms with van der Waals surface area (Å²) in [5, 5.41) is 8.72. The molecule has 0 atom stereocenters. The first kappa shape index (κ1) is 18.4. The SMILES string of the molecule is Cn1c(=O)c2c(ncn2CCCCCCCCCCO)n(C)c1=O. The van der Waals surface area contributed by atoms with Gasteiger partial charge in [0.15, 0.2) is 11.2 Å². The molecule has 24 heavy (non-hydrogen) atoms. The van der Waals surface area contributed by atoms with Crippen molar-refractivity contribution < 1.29 is 5.11 Å². The quantitative estimate of drug-likeness (QED) is 0.667. The van der Waals surface area contributed by atoms with E-state index in [1.165, 1.54) is 37.3 Å². The fourth-order valence-corrected chi connectivity index (χ4v) is 3.02. The zero-order chi connectivity index (χ0) is 17.5. The molecule has 7 heteroatoms. The number of aliphatic hydroxyl groups is 1. The second-order valence-corrected chi connectivity index (χ2v) is 6.37. The average Bonchev–Trinajstić information content (AvgIpc) is 3.00. The van der Waals surface area contributed by atoms with Crippen LogP contribution in [-0.4, -0.2) is 30.4 Å². The molecular weight excluding hydrogens is 308 g/mol. The summed E-state index contributed by atoms with van der Waals surface area (Å²) in [6.07, 6.45) is 10.6. The first-order chi connectivity index (χ1) is 11.6. The van der Waals surface area contributed by atoms with Gasteiger partial charge in [-0.05, 0) is 12.8 Å². The van der Waals surface area contributed by atoms with E-state index in [0.717, 1.165) is 36.8 Å². The van der Waals surface area contributed by atoms with Crippen molar-refractivity contribution in [1.82, 2.24) is 18.7 Å². The average molecular weight is 336 g/mol. The van der Waals surface area contributed by atoms with Gasteiger partial charge in [0.1, 0.15) is 0 Å². The van der Waals surface area contributed by atoms with Crippen molar-refractivity contribution in [2.24, 2.45) is 14.1 Å². The molecule has 134 valence electrons. The van der Waals surface area contributed by atoms with Crippen LogP contribution in [0.2, 0.25) is 0 Å². The lowest BCUT2D eigenvalue weighted by Crippen LogP contribution is -2.37. The Labute approximate surface area is 141 Å². The van der Waals surface area contributed by atoms with E-state index >= 15 is 0 Å². The molecule has 0 radical (unpaired) electrons. The molecular formula is C17H28N4O3. The number of hydrogen-bond acceptors (Lipinski definition) is 4. The highest BCUT2D eigenvalue weighted by molar-refractivity contribution is 5.69. The summed E-state index contributed by atoms with van der Waals surface area (Å²) in [5.74, 6) is 0. The van der Waals surface area contributed by atoms with Crippen LogP contribution in [0.4, 0.5) is 0 Å². The van der Waals surface area contributed by atoms with Gasteiger partial charge in [-0.25, -0.2) is 9.78 Å². The number of nitrogens with zero attached hydrogens (tertiary/aromatic N) is 4. The fourth-order valence-electron chi connectivity index (χ4n) is 3.02. The number of hydrogen-bond donors (Lipinski definition) is 1. The lowest BCUT2D eigenvalue weighted by Gasteiger charge is -2.07. The number of aliphatic hydroxyl groups excluding tert-OH is 1. The molecule has 2 aromatic rings. The topological polar surface area (TPSA) is 82.0 Å². The van der Waals surface area contributed by atoms with Crippen LogP contribution < -0.4 is 11.2 Å². The van der Waals surface area contributed by atoms with Gasteiger partial charge >= 0.3 is 5.69 Å². The Bertz CT molecular complexity index is 772. The van der Waals surface area contributed by atoms with E-state index in [9.17, 15) is 9.59 Å². The van der Waals surface area contributed by atoms with Gasteiger partial charge in [-0.1, -0.05) is 38.5 Å². The lowest BCUT2D eigenvalue weighted by molar-refractivity contribution is 0.282. The molecule has 0 unspecified atom stereocenters. The highest BCUT2D eigenvalue weighted by atomic mass is 16.3. The maximum absolute atomic E-state index is 12.3. The van der Waals surface area contributed by atoms with E-state index < -0.39 is 0 Å². The van der Waals surface area contributed by atoms with Crippen molar-refractivity contribution in [3.63, 3.8) is 0 Å². The standard InChI is InChI=1S/C17H28N4O3/c1-19-15-14(16(23)20(2)17(19)24)21(13-18-15)11-9-7-5-3-4-6-8-10-12-22/h13,22H,3-12H2,1-2H3. The number of fused-ring (bicyclic) bond motifs is 1. The molecule has 0 fully saturated rings. The summed E-state index contributed by atoms with van der Waals surface area (Å²) in [6, 6.07) is 0. The first-order valence-electron chi connectivity index (χ1n) is 8.79. The maximum atomic E-state index is 12.3. The largest absolute Gasteiger partial charge is 0.396 e. The van der Waals surface area contributed by atoms with Crippen molar-refractivity contribution >= 4 is 11.2 Å². The second kappa shape index (κ2) is 8.82. The smallest absolute Gasteiger partial charge is 0.332 e. The monoisotopic (exact) mass is 336 g/mol. The van der Waals surface area contributed by atoms with E-state index in [1.807, 2.05) is 4.57 Å². The third-order valence-corrected chi connectivity index (χ3v) is 4.52. The molecule has 0 saturated carbocycles. The van der Waals surface area contributed by atoms with Gasteiger partial charge in [-0.15, -0.1) is 0 Å². The van der Waals surface area contributed by atoms with E-state index in [2.05, 4.69) is 4.98 Å². The molecule has 2 heterocycles. The molecule has 0 bridgehead atoms. The minimum absolute atomic E-state index is 0.283. The van der Waals surface area contributed by atoms with Crippen LogP contribution in [-0.2, 0) is 20.6 Å². The molecule has 0 spiro atoms. The Kier molecular flexibility index (Phi) is 6.78. The van der Waals surface area contributed by atoms with Crippen LogP contribution >= 0.6 is 0 Å². The van der Waals surface area contributed by atoms with Crippen molar-refractivity contribution in [2.75, 3.05) is 6.61 Å². The van der Waals surface area contributed by atoms with Crippen LogP contribution in [0.1, 0.15) is 51.4 Å². The Morgan fingerprint density at radius 3 is 2.12 bits per heavy atom. The Hall–Kier alpha value is -1.89. The summed E-state index contributed by atoms with van der Waals surface area (Å²) in [7, 11) is 3.14. The predicted molar refractivity (Wildman–Crippen MR) is 94.2 cm³/mol. The van der Waals surface area contributed by atoms with Crippen LogP contribution in [0.15, 0.2) is 15.9 Å². The molecule has 0 aliphatic heterocycles. The molecule has 0 aliphatic carbocycles. The minimum Gasteiger partial charge on any atom is -0.396 e. The van der Waals surface area contributed by atoms with Crippen LogP contribution in [0.5, 0.6) is 0 Å². The molecule has 0 amide bonds. The van der Waals surface area contributed by atoms with Crippen LogP contribution in [0, 0.1) is 0 Å². The van der Waals surface area contributed by atoms with E-state index in [-0.39, 0.29) is 11.2 Å². The van der Waals surface area contributed by atoms with Gasteiger partial charge in [-0.2, -0.15) is 0 Å². The predicted octanol–water partition coefficient (Wildman–Crippen LogP) is 1.55. The van der Waals surface area contributed by atoms with Crippen molar-refractivity contribution in [2.45, 2.75) is 57.9 Å². The zero-order valence-corrected chi connectivity index (χ0v) is 14.7. The van der Waals surface area contributed by atoms with Crippen molar-refractivity contribution in [3.05, 3.63) is 27.2 Å². The molecule has 1 N–H and O–H groups in total. The highest BCUT2D eigenvalue weighted by Crippen LogP contribution is 2.11. The van der Waals surface area contributed by atoms with Gasteiger partial charge in [-0.3, -0.25) is 13.9 Å². The number of imidazole rings is 1.